The van der Waals surface area contributed by atoms with Crippen LogP contribution in [0.4, 0.5) is 4.79 Å². The van der Waals surface area contributed by atoms with Crippen molar-refractivity contribution >= 4 is 15.9 Å². The molecule has 0 fully saturated rings. The lowest BCUT2D eigenvalue weighted by Gasteiger charge is -2.24. The number of nitrogens with one attached hydrogen (secondary N) is 1. The molecule has 0 aromatic carbocycles. The summed E-state index contributed by atoms with van der Waals surface area (Å²) < 4.78 is 44.4. The molecule has 2 N–H and O–H groups in total. The predicted octanol–water partition coefficient (Wildman–Crippen LogP) is 0.534. The van der Waals surface area contributed by atoms with Gasteiger partial charge in [0.05, 0.1) is 57.8 Å². The molecule has 0 aromatic heterocycles. The van der Waals surface area contributed by atoms with E-state index in [2.05, 4.69) is 5.32 Å². The van der Waals surface area contributed by atoms with Crippen LogP contribution in [-0.2, 0) is 28.8 Å². The molecule has 25 heavy (non-hydrogen) atoms. The Labute approximate surface area is 149 Å². The molecule has 0 spiro atoms. The van der Waals surface area contributed by atoms with Crippen LogP contribution in [0.5, 0.6) is 0 Å². The molecule has 10 heteroatoms. The number of hydrogen-bond donors (Lipinski definition) is 2. The Hall–Kier alpha value is -0.940. The zero-order valence-electron chi connectivity index (χ0n) is 15.3. The highest BCUT2D eigenvalue weighted by molar-refractivity contribution is 7.91. The molecule has 1 amide bonds. The van der Waals surface area contributed by atoms with Gasteiger partial charge in [-0.25, -0.2) is 13.2 Å². The van der Waals surface area contributed by atoms with Gasteiger partial charge in [0, 0.05) is 12.6 Å². The number of methoxy groups -OCH3 is 1. The minimum atomic E-state index is -3.29. The molecule has 0 atom stereocenters. The molecule has 0 saturated heterocycles. The van der Waals surface area contributed by atoms with E-state index < -0.39 is 21.5 Å². The van der Waals surface area contributed by atoms with E-state index in [9.17, 15) is 13.2 Å². The second kappa shape index (κ2) is 13.3. The van der Waals surface area contributed by atoms with Gasteiger partial charge in [0.25, 0.3) is 0 Å². The molecule has 150 valence electrons. The minimum absolute atomic E-state index is 0.0861. The molecule has 0 saturated carbocycles. The van der Waals surface area contributed by atoms with Crippen molar-refractivity contribution in [1.29, 1.82) is 0 Å². The number of ether oxygens (including phenoxy) is 4. The molecule has 0 aromatic rings. The molecule has 0 heterocycles. The third kappa shape index (κ3) is 16.3. The second-order valence-corrected chi connectivity index (χ2v) is 8.35. The highest BCUT2D eigenvalue weighted by atomic mass is 32.2. The van der Waals surface area contributed by atoms with Gasteiger partial charge in [0.15, 0.2) is 9.84 Å². The van der Waals surface area contributed by atoms with E-state index in [-0.39, 0.29) is 24.5 Å². The number of rotatable bonds is 16. The Balaban J connectivity index is 3.65. The van der Waals surface area contributed by atoms with Gasteiger partial charge < -0.3 is 29.4 Å². The Morgan fingerprint density at radius 1 is 0.920 bits per heavy atom. The summed E-state index contributed by atoms with van der Waals surface area (Å²) in [6.07, 6.45) is -0.969. The maximum Gasteiger partial charge on any atom is 0.405 e. The van der Waals surface area contributed by atoms with Crippen LogP contribution in [-0.4, -0.2) is 90.0 Å². The Morgan fingerprint density at radius 2 is 1.40 bits per heavy atom. The summed E-state index contributed by atoms with van der Waals surface area (Å²) in [5, 5.41) is 11.0. The average molecular weight is 385 g/mol. The highest BCUT2D eigenvalue weighted by Crippen LogP contribution is 2.10. The molecule has 0 aliphatic heterocycles. The van der Waals surface area contributed by atoms with Gasteiger partial charge in [-0.05, 0) is 20.3 Å². The first-order valence-electron chi connectivity index (χ1n) is 8.12. The van der Waals surface area contributed by atoms with Gasteiger partial charge in [0.1, 0.15) is 0 Å². The Bertz CT molecular complexity index is 452. The van der Waals surface area contributed by atoms with E-state index in [1.807, 2.05) is 0 Å². The first-order valence-corrected chi connectivity index (χ1v) is 9.94. The van der Waals surface area contributed by atoms with Gasteiger partial charge in [0.2, 0.25) is 0 Å². The minimum Gasteiger partial charge on any atom is -0.465 e. The van der Waals surface area contributed by atoms with Crippen LogP contribution >= 0.6 is 0 Å². The van der Waals surface area contributed by atoms with Crippen LogP contribution in [0.25, 0.3) is 0 Å². The lowest BCUT2D eigenvalue weighted by molar-refractivity contribution is 0.00555. The van der Waals surface area contributed by atoms with Gasteiger partial charge in [-0.15, -0.1) is 0 Å². The Morgan fingerprint density at radius 3 is 1.88 bits per heavy atom. The van der Waals surface area contributed by atoms with E-state index in [1.54, 1.807) is 21.0 Å². The van der Waals surface area contributed by atoms with Crippen molar-refractivity contribution < 1.29 is 37.3 Å². The fourth-order valence-corrected chi connectivity index (χ4v) is 3.13. The van der Waals surface area contributed by atoms with Gasteiger partial charge in [-0.3, -0.25) is 0 Å². The summed E-state index contributed by atoms with van der Waals surface area (Å²) in [5.41, 5.74) is -0.793. The van der Waals surface area contributed by atoms with E-state index in [0.29, 0.717) is 39.6 Å². The number of carbonyl (C=O) groups is 1. The number of amides is 1. The highest BCUT2D eigenvalue weighted by Gasteiger charge is 2.23. The van der Waals surface area contributed by atoms with Crippen molar-refractivity contribution in [3.8, 4) is 0 Å². The standard InChI is InChI=1S/C15H31NO8S/c1-15(2,16-14(17)18)4-12-25(19,20)13-11-24-10-9-23-8-7-22-6-5-21-3/h16H,4-13H2,1-3H3,(H,17,18). The van der Waals surface area contributed by atoms with Crippen LogP contribution in [0.15, 0.2) is 0 Å². The molecule has 0 aliphatic carbocycles. The monoisotopic (exact) mass is 385 g/mol. The van der Waals surface area contributed by atoms with Crippen LogP contribution in [0.2, 0.25) is 0 Å². The van der Waals surface area contributed by atoms with Gasteiger partial charge in [-0.1, -0.05) is 0 Å². The predicted molar refractivity (Wildman–Crippen MR) is 92.8 cm³/mol. The first kappa shape index (κ1) is 24.1. The fourth-order valence-electron chi connectivity index (χ4n) is 1.73. The summed E-state index contributed by atoms with van der Waals surface area (Å²) in [6.45, 7) is 6.02. The van der Waals surface area contributed by atoms with Crippen molar-refractivity contribution in [3.63, 3.8) is 0 Å². The van der Waals surface area contributed by atoms with Crippen molar-refractivity contribution in [2.75, 3.05) is 64.9 Å². The summed E-state index contributed by atoms with van der Waals surface area (Å²) in [7, 11) is -1.69. The zero-order valence-corrected chi connectivity index (χ0v) is 16.1. The third-order valence-electron chi connectivity index (χ3n) is 3.20. The Kier molecular flexibility index (Phi) is 12.8. The maximum absolute atomic E-state index is 11.9. The van der Waals surface area contributed by atoms with Crippen LogP contribution < -0.4 is 5.32 Å². The number of sulfone groups is 1. The van der Waals surface area contributed by atoms with Crippen molar-refractivity contribution in [2.24, 2.45) is 0 Å². The van der Waals surface area contributed by atoms with Gasteiger partial charge >= 0.3 is 6.09 Å². The zero-order chi connectivity index (χ0) is 19.2. The van der Waals surface area contributed by atoms with Crippen molar-refractivity contribution in [1.82, 2.24) is 5.32 Å². The number of carboxylic acid groups (broad SMARTS) is 1. The lowest BCUT2D eigenvalue weighted by Crippen LogP contribution is -2.44. The molecular weight excluding hydrogens is 354 g/mol. The summed E-state index contributed by atoms with van der Waals surface area (Å²) in [5.74, 6) is -0.199. The average Bonchev–Trinajstić information content (AvgIpc) is 2.50. The van der Waals surface area contributed by atoms with Crippen LogP contribution in [0, 0.1) is 0 Å². The lowest BCUT2D eigenvalue weighted by atomic mass is 10.0. The van der Waals surface area contributed by atoms with E-state index in [1.165, 1.54) is 0 Å². The van der Waals surface area contributed by atoms with Gasteiger partial charge in [-0.2, -0.15) is 0 Å². The topological polar surface area (TPSA) is 120 Å². The molecule has 0 bridgehead atoms. The molecule has 0 aliphatic rings. The van der Waals surface area contributed by atoms with E-state index in [4.69, 9.17) is 24.1 Å². The maximum atomic E-state index is 11.9. The SMILES string of the molecule is COCCOCCOCCOCCS(=O)(=O)CCC(C)(C)NC(=O)O. The third-order valence-corrected chi connectivity index (χ3v) is 4.81. The summed E-state index contributed by atoms with van der Waals surface area (Å²) in [6, 6.07) is 0. The smallest absolute Gasteiger partial charge is 0.405 e. The normalized spacial score (nSPS) is 12.3. The van der Waals surface area contributed by atoms with Crippen molar-refractivity contribution in [3.05, 3.63) is 0 Å². The van der Waals surface area contributed by atoms with E-state index in [0.717, 1.165) is 0 Å². The summed E-state index contributed by atoms with van der Waals surface area (Å²) in [4.78, 5) is 10.6. The molecule has 0 unspecified atom stereocenters. The first-order chi connectivity index (χ1) is 11.7. The second-order valence-electron chi connectivity index (χ2n) is 6.05. The molecular formula is C15H31NO8S. The van der Waals surface area contributed by atoms with Crippen molar-refractivity contribution in [2.45, 2.75) is 25.8 Å². The molecule has 9 nitrogen and oxygen atoms in total. The number of hydrogen-bond acceptors (Lipinski definition) is 7. The van der Waals surface area contributed by atoms with Crippen LogP contribution in [0.3, 0.4) is 0 Å². The molecule has 0 rings (SSSR count). The van der Waals surface area contributed by atoms with Crippen LogP contribution in [0.1, 0.15) is 20.3 Å². The molecule has 0 radical (unpaired) electrons. The fraction of sp³-hybridized carbons (Fsp3) is 0.933. The largest absolute Gasteiger partial charge is 0.465 e. The summed E-state index contributed by atoms with van der Waals surface area (Å²) >= 11 is 0. The quantitative estimate of drug-likeness (QED) is 0.369. The van der Waals surface area contributed by atoms with E-state index >= 15 is 0 Å².